The standard InChI is InChI=1S/C17H18ClNO2S/c1-19-17(21)11-22-10-16(20)14-4-2-12(3-5-14)13-6-8-15(18)9-7-13/h2-9,16,20H,10-11H2,1H3,(H,19,21). The highest BCUT2D eigenvalue weighted by Crippen LogP contribution is 2.24. The zero-order chi connectivity index (χ0) is 15.9. The van der Waals surface area contributed by atoms with Crippen LogP contribution < -0.4 is 5.32 Å². The first-order valence-electron chi connectivity index (χ1n) is 6.92. The maximum Gasteiger partial charge on any atom is 0.229 e. The Morgan fingerprint density at radius 2 is 1.68 bits per heavy atom. The van der Waals surface area contributed by atoms with Crippen LogP contribution in [0.4, 0.5) is 0 Å². The molecule has 0 heterocycles. The SMILES string of the molecule is CNC(=O)CSCC(O)c1ccc(-c2ccc(Cl)cc2)cc1. The summed E-state index contributed by atoms with van der Waals surface area (Å²) in [5, 5.41) is 13.4. The van der Waals surface area contributed by atoms with E-state index in [4.69, 9.17) is 11.6 Å². The summed E-state index contributed by atoms with van der Waals surface area (Å²) in [7, 11) is 1.61. The highest BCUT2D eigenvalue weighted by atomic mass is 35.5. The van der Waals surface area contributed by atoms with Gasteiger partial charge in [-0.1, -0.05) is 48.0 Å². The molecule has 0 spiro atoms. The van der Waals surface area contributed by atoms with E-state index < -0.39 is 6.10 Å². The van der Waals surface area contributed by atoms with Gasteiger partial charge < -0.3 is 10.4 Å². The van der Waals surface area contributed by atoms with E-state index in [0.717, 1.165) is 16.7 Å². The quantitative estimate of drug-likeness (QED) is 0.849. The molecule has 3 nitrogen and oxygen atoms in total. The molecule has 22 heavy (non-hydrogen) atoms. The fraction of sp³-hybridized carbons (Fsp3) is 0.235. The van der Waals surface area contributed by atoms with E-state index in [1.807, 2.05) is 48.5 Å². The molecule has 2 N–H and O–H groups in total. The van der Waals surface area contributed by atoms with E-state index in [2.05, 4.69) is 5.32 Å². The molecule has 0 radical (unpaired) electrons. The minimum Gasteiger partial charge on any atom is -0.388 e. The number of thioether (sulfide) groups is 1. The Balaban J connectivity index is 1.96. The third-order valence-corrected chi connectivity index (χ3v) is 4.53. The molecular formula is C17H18ClNO2S. The van der Waals surface area contributed by atoms with Crippen LogP contribution in [0.2, 0.25) is 5.02 Å². The maximum atomic E-state index is 11.1. The van der Waals surface area contributed by atoms with Crippen LogP contribution in [-0.2, 0) is 4.79 Å². The second-order valence-electron chi connectivity index (χ2n) is 4.83. The van der Waals surface area contributed by atoms with E-state index in [9.17, 15) is 9.90 Å². The van der Waals surface area contributed by atoms with Crippen LogP contribution in [0.25, 0.3) is 11.1 Å². The fourth-order valence-electron chi connectivity index (χ4n) is 1.97. The number of benzene rings is 2. The number of hydrogen-bond donors (Lipinski definition) is 2. The molecule has 0 saturated heterocycles. The van der Waals surface area contributed by atoms with Gasteiger partial charge in [-0.3, -0.25) is 4.79 Å². The van der Waals surface area contributed by atoms with Gasteiger partial charge in [-0.25, -0.2) is 0 Å². The van der Waals surface area contributed by atoms with Crippen molar-refractivity contribution < 1.29 is 9.90 Å². The van der Waals surface area contributed by atoms with Gasteiger partial charge >= 0.3 is 0 Å². The van der Waals surface area contributed by atoms with E-state index in [0.29, 0.717) is 16.5 Å². The molecule has 0 aliphatic carbocycles. The molecule has 2 aromatic carbocycles. The maximum absolute atomic E-state index is 11.1. The van der Waals surface area contributed by atoms with Gasteiger partial charge in [0.1, 0.15) is 0 Å². The number of hydrogen-bond acceptors (Lipinski definition) is 3. The summed E-state index contributed by atoms with van der Waals surface area (Å²) in [6.45, 7) is 0. The molecular weight excluding hydrogens is 318 g/mol. The number of aliphatic hydroxyl groups is 1. The summed E-state index contributed by atoms with van der Waals surface area (Å²) in [6, 6.07) is 15.4. The first-order valence-corrected chi connectivity index (χ1v) is 8.45. The van der Waals surface area contributed by atoms with Crippen molar-refractivity contribution in [2.75, 3.05) is 18.6 Å². The van der Waals surface area contributed by atoms with Gasteiger partial charge in [-0.15, -0.1) is 11.8 Å². The van der Waals surface area contributed by atoms with Gasteiger partial charge in [0.2, 0.25) is 5.91 Å². The molecule has 1 amide bonds. The van der Waals surface area contributed by atoms with Gasteiger partial charge in [-0.05, 0) is 28.8 Å². The van der Waals surface area contributed by atoms with Crippen molar-refractivity contribution in [1.82, 2.24) is 5.32 Å². The van der Waals surface area contributed by atoms with Crippen LogP contribution in [0.15, 0.2) is 48.5 Å². The lowest BCUT2D eigenvalue weighted by Crippen LogP contribution is -2.20. The number of aliphatic hydroxyl groups excluding tert-OH is 1. The second kappa shape index (κ2) is 8.22. The van der Waals surface area contributed by atoms with Crippen LogP contribution in [0, 0.1) is 0 Å². The Morgan fingerprint density at radius 3 is 2.23 bits per heavy atom. The lowest BCUT2D eigenvalue weighted by Gasteiger charge is -2.11. The minimum absolute atomic E-state index is 0.0321. The Morgan fingerprint density at radius 1 is 1.14 bits per heavy atom. The van der Waals surface area contributed by atoms with Gasteiger partial charge in [0.05, 0.1) is 11.9 Å². The number of carbonyl (C=O) groups is 1. The van der Waals surface area contributed by atoms with Crippen LogP contribution in [0.3, 0.4) is 0 Å². The van der Waals surface area contributed by atoms with E-state index in [1.165, 1.54) is 11.8 Å². The molecule has 1 atom stereocenters. The summed E-state index contributed by atoms with van der Waals surface area (Å²) < 4.78 is 0. The van der Waals surface area contributed by atoms with Gasteiger partial charge in [0, 0.05) is 17.8 Å². The van der Waals surface area contributed by atoms with Crippen LogP contribution >= 0.6 is 23.4 Å². The Bertz CT molecular complexity index is 614. The van der Waals surface area contributed by atoms with Crippen molar-refractivity contribution in [2.45, 2.75) is 6.10 Å². The number of nitrogens with one attached hydrogen (secondary N) is 1. The summed E-state index contributed by atoms with van der Waals surface area (Å²) in [6.07, 6.45) is -0.575. The molecule has 5 heteroatoms. The number of rotatable bonds is 6. The minimum atomic E-state index is -0.575. The van der Waals surface area contributed by atoms with Crippen LogP contribution in [0.1, 0.15) is 11.7 Å². The van der Waals surface area contributed by atoms with Crippen molar-refractivity contribution in [1.29, 1.82) is 0 Å². The highest BCUT2D eigenvalue weighted by molar-refractivity contribution is 7.99. The molecule has 0 fully saturated rings. The molecule has 2 aromatic rings. The zero-order valence-corrected chi connectivity index (χ0v) is 13.8. The Kier molecular flexibility index (Phi) is 6.31. The van der Waals surface area contributed by atoms with E-state index in [-0.39, 0.29) is 5.91 Å². The largest absolute Gasteiger partial charge is 0.388 e. The lowest BCUT2D eigenvalue weighted by atomic mass is 10.0. The molecule has 116 valence electrons. The monoisotopic (exact) mass is 335 g/mol. The summed E-state index contributed by atoms with van der Waals surface area (Å²) >= 11 is 7.30. The summed E-state index contributed by atoms with van der Waals surface area (Å²) in [4.78, 5) is 11.1. The molecule has 0 aliphatic heterocycles. The Labute approximate surface area is 139 Å². The van der Waals surface area contributed by atoms with Crippen molar-refractivity contribution >= 4 is 29.3 Å². The molecule has 0 bridgehead atoms. The van der Waals surface area contributed by atoms with E-state index in [1.54, 1.807) is 7.05 Å². The van der Waals surface area contributed by atoms with Crippen molar-refractivity contribution in [3.8, 4) is 11.1 Å². The van der Waals surface area contributed by atoms with Gasteiger partial charge in [0.15, 0.2) is 0 Å². The molecule has 2 rings (SSSR count). The topological polar surface area (TPSA) is 49.3 Å². The molecule has 0 aromatic heterocycles. The normalized spacial score (nSPS) is 12.0. The first kappa shape index (κ1) is 16.9. The number of amides is 1. The van der Waals surface area contributed by atoms with Crippen LogP contribution in [0.5, 0.6) is 0 Å². The third-order valence-electron chi connectivity index (χ3n) is 3.26. The van der Waals surface area contributed by atoms with Crippen molar-refractivity contribution in [3.63, 3.8) is 0 Å². The lowest BCUT2D eigenvalue weighted by molar-refractivity contribution is -0.118. The third kappa shape index (κ3) is 4.77. The average Bonchev–Trinajstić information content (AvgIpc) is 2.55. The highest BCUT2D eigenvalue weighted by Gasteiger charge is 2.09. The summed E-state index contributed by atoms with van der Waals surface area (Å²) in [5.74, 6) is 0.819. The molecule has 0 saturated carbocycles. The average molecular weight is 336 g/mol. The molecule has 0 aliphatic rings. The first-order chi connectivity index (χ1) is 10.6. The fourth-order valence-corrected chi connectivity index (χ4v) is 2.96. The second-order valence-corrected chi connectivity index (χ2v) is 6.30. The van der Waals surface area contributed by atoms with Crippen molar-refractivity contribution in [2.24, 2.45) is 0 Å². The van der Waals surface area contributed by atoms with Gasteiger partial charge in [0.25, 0.3) is 0 Å². The summed E-state index contributed by atoms with van der Waals surface area (Å²) in [5.41, 5.74) is 3.01. The van der Waals surface area contributed by atoms with Gasteiger partial charge in [-0.2, -0.15) is 0 Å². The number of halogens is 1. The van der Waals surface area contributed by atoms with E-state index >= 15 is 0 Å². The zero-order valence-electron chi connectivity index (χ0n) is 12.3. The Hall–Kier alpha value is -1.49. The predicted octanol–water partition coefficient (Wildman–Crippen LogP) is 3.52. The van der Waals surface area contributed by atoms with Crippen LogP contribution in [-0.4, -0.2) is 29.6 Å². The predicted molar refractivity (Wildman–Crippen MR) is 93.2 cm³/mol. The van der Waals surface area contributed by atoms with Crippen molar-refractivity contribution in [3.05, 3.63) is 59.1 Å². The number of carbonyl (C=O) groups excluding carboxylic acids is 1. The smallest absolute Gasteiger partial charge is 0.229 e. The molecule has 1 unspecified atom stereocenters.